The van der Waals surface area contributed by atoms with Crippen LogP contribution in [0, 0.1) is 12.8 Å². The number of hydrogen-bond acceptors (Lipinski definition) is 2. The SMILES string of the molecule is Cc1cccc(/C(=C/CCN2CCCC(C(=O)O)C2)c2ccccc2)c1. The van der Waals surface area contributed by atoms with Crippen LogP contribution < -0.4 is 0 Å². The summed E-state index contributed by atoms with van der Waals surface area (Å²) in [5.41, 5.74) is 4.96. The Labute approximate surface area is 156 Å². The third kappa shape index (κ3) is 4.83. The van der Waals surface area contributed by atoms with Crippen molar-refractivity contribution in [3.8, 4) is 0 Å². The molecule has 1 fully saturated rings. The molecule has 1 aliphatic rings. The van der Waals surface area contributed by atoms with Crippen LogP contribution in [0.2, 0.25) is 0 Å². The van der Waals surface area contributed by atoms with E-state index < -0.39 is 5.97 Å². The lowest BCUT2D eigenvalue weighted by Crippen LogP contribution is -2.39. The summed E-state index contributed by atoms with van der Waals surface area (Å²) in [6, 6.07) is 19.1. The van der Waals surface area contributed by atoms with Gasteiger partial charge in [0.05, 0.1) is 5.92 Å². The molecule has 1 aliphatic heterocycles. The van der Waals surface area contributed by atoms with Gasteiger partial charge in [-0.25, -0.2) is 0 Å². The van der Waals surface area contributed by atoms with E-state index in [-0.39, 0.29) is 5.92 Å². The van der Waals surface area contributed by atoms with Gasteiger partial charge in [-0.15, -0.1) is 0 Å². The van der Waals surface area contributed by atoms with Crippen LogP contribution in [0.15, 0.2) is 60.7 Å². The molecule has 0 saturated carbocycles. The number of aryl methyl sites for hydroxylation is 1. The van der Waals surface area contributed by atoms with Gasteiger partial charge in [-0.1, -0.05) is 66.2 Å². The fraction of sp³-hybridized carbons (Fsp3) is 0.348. The molecule has 3 nitrogen and oxygen atoms in total. The molecular formula is C23H27NO2. The number of benzene rings is 2. The highest BCUT2D eigenvalue weighted by molar-refractivity contribution is 5.80. The molecule has 1 saturated heterocycles. The summed E-state index contributed by atoms with van der Waals surface area (Å²) in [5.74, 6) is -0.868. The van der Waals surface area contributed by atoms with Crippen LogP contribution in [0.1, 0.15) is 36.0 Å². The number of nitrogens with zero attached hydrogens (tertiary/aromatic N) is 1. The van der Waals surface area contributed by atoms with Crippen molar-refractivity contribution in [2.45, 2.75) is 26.2 Å². The highest BCUT2D eigenvalue weighted by Gasteiger charge is 2.24. The summed E-state index contributed by atoms with van der Waals surface area (Å²) in [6.07, 6.45) is 5.00. The molecule has 3 heteroatoms. The molecule has 1 unspecified atom stereocenters. The third-order valence-electron chi connectivity index (χ3n) is 5.06. The van der Waals surface area contributed by atoms with Gasteiger partial charge in [0, 0.05) is 13.1 Å². The smallest absolute Gasteiger partial charge is 0.307 e. The van der Waals surface area contributed by atoms with Gasteiger partial charge in [-0.3, -0.25) is 4.79 Å². The van der Waals surface area contributed by atoms with E-state index in [1.165, 1.54) is 22.3 Å². The van der Waals surface area contributed by atoms with Gasteiger partial charge in [-0.2, -0.15) is 0 Å². The van der Waals surface area contributed by atoms with Gasteiger partial charge in [-0.05, 0) is 49.4 Å². The maximum absolute atomic E-state index is 11.2. The summed E-state index contributed by atoms with van der Waals surface area (Å²) in [6.45, 7) is 4.70. The van der Waals surface area contributed by atoms with E-state index >= 15 is 0 Å². The second-order valence-electron chi connectivity index (χ2n) is 7.12. The fourth-order valence-electron chi connectivity index (χ4n) is 3.68. The standard InChI is InChI=1S/C23H27NO2/c1-18-8-5-11-20(16-18)22(19-9-3-2-4-10-19)13-7-15-24-14-6-12-21(17-24)23(25)26/h2-5,8-11,13,16,21H,6-7,12,14-15,17H2,1H3,(H,25,26)/b22-13+. The Kier molecular flexibility index (Phi) is 6.24. The molecule has 2 aromatic carbocycles. The first-order valence-electron chi connectivity index (χ1n) is 9.41. The van der Waals surface area contributed by atoms with Crippen molar-refractivity contribution in [1.29, 1.82) is 0 Å². The van der Waals surface area contributed by atoms with E-state index in [2.05, 4.69) is 66.4 Å². The number of carboxylic acids is 1. The van der Waals surface area contributed by atoms with Crippen molar-refractivity contribution >= 4 is 11.5 Å². The van der Waals surface area contributed by atoms with Crippen LogP contribution in [0.3, 0.4) is 0 Å². The minimum Gasteiger partial charge on any atom is -0.481 e. The molecule has 0 bridgehead atoms. The zero-order valence-corrected chi connectivity index (χ0v) is 15.4. The van der Waals surface area contributed by atoms with Gasteiger partial charge in [0.2, 0.25) is 0 Å². The van der Waals surface area contributed by atoms with Crippen molar-refractivity contribution in [3.05, 3.63) is 77.4 Å². The van der Waals surface area contributed by atoms with Crippen molar-refractivity contribution in [2.24, 2.45) is 5.92 Å². The number of hydrogen-bond donors (Lipinski definition) is 1. The molecule has 1 N–H and O–H groups in total. The number of aliphatic carboxylic acids is 1. The zero-order chi connectivity index (χ0) is 18.4. The first-order valence-corrected chi connectivity index (χ1v) is 9.41. The highest BCUT2D eigenvalue weighted by atomic mass is 16.4. The van der Waals surface area contributed by atoms with Gasteiger partial charge >= 0.3 is 5.97 Å². The molecule has 3 rings (SSSR count). The monoisotopic (exact) mass is 349 g/mol. The first-order chi connectivity index (χ1) is 12.6. The Bertz CT molecular complexity index is 767. The summed E-state index contributed by atoms with van der Waals surface area (Å²) >= 11 is 0. The largest absolute Gasteiger partial charge is 0.481 e. The number of rotatable bonds is 6. The topological polar surface area (TPSA) is 40.5 Å². The van der Waals surface area contributed by atoms with Crippen LogP contribution in [0.4, 0.5) is 0 Å². The average molecular weight is 349 g/mol. The Morgan fingerprint density at radius 1 is 1.15 bits per heavy atom. The van der Waals surface area contributed by atoms with E-state index in [1.54, 1.807) is 0 Å². The Hall–Kier alpha value is -2.39. The molecule has 0 spiro atoms. The minimum absolute atomic E-state index is 0.210. The summed E-state index contributed by atoms with van der Waals surface area (Å²) in [4.78, 5) is 13.5. The van der Waals surface area contributed by atoms with Gasteiger partial charge < -0.3 is 10.0 Å². The maximum atomic E-state index is 11.2. The number of likely N-dealkylation sites (tertiary alicyclic amines) is 1. The molecule has 2 aromatic rings. The summed E-state index contributed by atoms with van der Waals surface area (Å²) < 4.78 is 0. The van der Waals surface area contributed by atoms with Gasteiger partial charge in [0.25, 0.3) is 0 Å². The zero-order valence-electron chi connectivity index (χ0n) is 15.4. The van der Waals surface area contributed by atoms with Crippen LogP contribution >= 0.6 is 0 Å². The molecule has 0 radical (unpaired) electrons. The maximum Gasteiger partial charge on any atom is 0.307 e. The van der Waals surface area contributed by atoms with Crippen molar-refractivity contribution in [2.75, 3.05) is 19.6 Å². The highest BCUT2D eigenvalue weighted by Crippen LogP contribution is 2.25. The Morgan fingerprint density at radius 2 is 1.92 bits per heavy atom. The van der Waals surface area contributed by atoms with Gasteiger partial charge in [0.15, 0.2) is 0 Å². The molecule has 0 aromatic heterocycles. The normalized spacial score (nSPS) is 18.7. The predicted octanol–water partition coefficient (Wildman–Crippen LogP) is 4.61. The summed E-state index contributed by atoms with van der Waals surface area (Å²) in [7, 11) is 0. The van der Waals surface area contributed by atoms with Crippen LogP contribution in [-0.4, -0.2) is 35.6 Å². The van der Waals surface area contributed by atoms with Crippen molar-refractivity contribution in [3.63, 3.8) is 0 Å². The molecule has 0 aliphatic carbocycles. The third-order valence-corrected chi connectivity index (χ3v) is 5.06. The molecule has 136 valence electrons. The summed E-state index contributed by atoms with van der Waals surface area (Å²) in [5, 5.41) is 9.25. The van der Waals surface area contributed by atoms with E-state index in [0.29, 0.717) is 6.54 Å². The number of carbonyl (C=O) groups is 1. The van der Waals surface area contributed by atoms with E-state index in [0.717, 1.165) is 32.4 Å². The van der Waals surface area contributed by atoms with Crippen LogP contribution in [0.25, 0.3) is 5.57 Å². The molecule has 26 heavy (non-hydrogen) atoms. The van der Waals surface area contributed by atoms with Crippen LogP contribution in [-0.2, 0) is 4.79 Å². The Balaban J connectivity index is 1.74. The number of piperidine rings is 1. The van der Waals surface area contributed by atoms with E-state index in [9.17, 15) is 9.90 Å². The van der Waals surface area contributed by atoms with Crippen LogP contribution in [0.5, 0.6) is 0 Å². The molecule has 1 atom stereocenters. The lowest BCUT2D eigenvalue weighted by atomic mass is 9.95. The first kappa shape index (κ1) is 18.4. The van der Waals surface area contributed by atoms with Crippen molar-refractivity contribution in [1.82, 2.24) is 4.90 Å². The number of carboxylic acid groups (broad SMARTS) is 1. The average Bonchev–Trinajstić information content (AvgIpc) is 2.66. The molecule has 1 heterocycles. The predicted molar refractivity (Wildman–Crippen MR) is 106 cm³/mol. The minimum atomic E-state index is -0.657. The molecule has 0 amide bonds. The quantitative estimate of drug-likeness (QED) is 0.828. The second kappa shape index (κ2) is 8.81. The van der Waals surface area contributed by atoms with E-state index in [1.807, 2.05) is 6.07 Å². The Morgan fingerprint density at radius 3 is 2.65 bits per heavy atom. The molecular weight excluding hydrogens is 322 g/mol. The lowest BCUT2D eigenvalue weighted by Gasteiger charge is -2.30. The second-order valence-corrected chi connectivity index (χ2v) is 7.12. The van der Waals surface area contributed by atoms with Crippen molar-refractivity contribution < 1.29 is 9.90 Å². The lowest BCUT2D eigenvalue weighted by molar-refractivity contribution is -0.143. The van der Waals surface area contributed by atoms with Gasteiger partial charge in [0.1, 0.15) is 0 Å². The van der Waals surface area contributed by atoms with E-state index in [4.69, 9.17) is 0 Å². The fourth-order valence-corrected chi connectivity index (χ4v) is 3.68.